The molecule has 1 amide bonds. The van der Waals surface area contributed by atoms with Gasteiger partial charge in [-0.25, -0.2) is 9.97 Å². The number of piperazine rings is 1. The monoisotopic (exact) mass is 589 g/mol. The number of benzene rings is 1. The minimum Gasteiger partial charge on any atom is -0.353 e. The van der Waals surface area contributed by atoms with Crippen molar-refractivity contribution < 1.29 is 17.8 Å². The van der Waals surface area contributed by atoms with E-state index in [1.54, 1.807) is 18.5 Å². The highest BCUT2D eigenvalue weighted by molar-refractivity contribution is 7.85. The van der Waals surface area contributed by atoms with Crippen molar-refractivity contribution in [1.29, 1.82) is 0 Å². The SMILES string of the molecule is CC1CCc2ncnc(N3CCN(C(=O)C(CN(CCS(=O)(=O)O)C4CCCCC4)c4ccc(Cl)cc4)CC3)c21. The molecule has 40 heavy (non-hydrogen) atoms. The average molecular weight is 590 g/mol. The van der Waals surface area contributed by atoms with Crippen LogP contribution in [0.25, 0.3) is 0 Å². The van der Waals surface area contributed by atoms with Gasteiger partial charge >= 0.3 is 0 Å². The van der Waals surface area contributed by atoms with Crippen LogP contribution in [0.5, 0.6) is 0 Å². The van der Waals surface area contributed by atoms with E-state index in [-0.39, 0.29) is 24.2 Å². The van der Waals surface area contributed by atoms with Gasteiger partial charge in [0.2, 0.25) is 5.91 Å². The molecule has 3 aliphatic rings. The van der Waals surface area contributed by atoms with Crippen molar-refractivity contribution in [2.24, 2.45) is 0 Å². The number of amides is 1. The van der Waals surface area contributed by atoms with Gasteiger partial charge in [0.1, 0.15) is 12.1 Å². The van der Waals surface area contributed by atoms with Gasteiger partial charge in [-0.1, -0.05) is 49.9 Å². The molecule has 0 spiro atoms. The molecule has 2 aromatic rings. The van der Waals surface area contributed by atoms with E-state index in [4.69, 9.17) is 11.6 Å². The Hall–Kier alpha value is -2.27. The summed E-state index contributed by atoms with van der Waals surface area (Å²) in [7, 11) is -4.12. The first kappa shape index (κ1) is 29.2. The maximum absolute atomic E-state index is 14.1. The third kappa shape index (κ3) is 6.95. The number of anilines is 1. The molecule has 1 saturated carbocycles. The maximum atomic E-state index is 14.1. The van der Waals surface area contributed by atoms with E-state index >= 15 is 0 Å². The first-order valence-corrected chi connectivity index (χ1v) is 16.5. The van der Waals surface area contributed by atoms with Crippen LogP contribution in [0.3, 0.4) is 0 Å². The highest BCUT2D eigenvalue weighted by atomic mass is 35.5. The predicted molar refractivity (Wildman–Crippen MR) is 157 cm³/mol. The largest absolute Gasteiger partial charge is 0.353 e. The number of aromatic nitrogens is 2. The minimum absolute atomic E-state index is 0.0379. The Labute approximate surface area is 242 Å². The summed E-state index contributed by atoms with van der Waals surface area (Å²) in [4.78, 5) is 29.6. The molecule has 1 aromatic carbocycles. The Morgan fingerprint density at radius 2 is 1.77 bits per heavy atom. The summed E-state index contributed by atoms with van der Waals surface area (Å²) in [6.45, 7) is 5.41. The van der Waals surface area contributed by atoms with E-state index < -0.39 is 16.0 Å². The van der Waals surface area contributed by atoms with Gasteiger partial charge in [-0.2, -0.15) is 8.42 Å². The molecule has 2 fully saturated rings. The van der Waals surface area contributed by atoms with Crippen LogP contribution in [0.15, 0.2) is 30.6 Å². The zero-order chi connectivity index (χ0) is 28.3. The Bertz CT molecular complexity index is 1280. The lowest BCUT2D eigenvalue weighted by atomic mass is 9.91. The molecule has 0 bridgehead atoms. The number of halogens is 1. The number of aryl methyl sites for hydroxylation is 1. The summed E-state index contributed by atoms with van der Waals surface area (Å²) < 4.78 is 32.8. The fourth-order valence-corrected chi connectivity index (χ4v) is 7.18. The number of rotatable bonds is 9. The van der Waals surface area contributed by atoms with Gasteiger partial charge in [-0.15, -0.1) is 0 Å². The van der Waals surface area contributed by atoms with Gasteiger partial charge in [0.15, 0.2) is 0 Å². The van der Waals surface area contributed by atoms with Crippen LogP contribution in [-0.2, 0) is 21.3 Å². The van der Waals surface area contributed by atoms with Crippen molar-refractivity contribution in [2.45, 2.75) is 69.7 Å². The number of hydrogen-bond donors (Lipinski definition) is 1. The topological polar surface area (TPSA) is 107 Å². The van der Waals surface area contributed by atoms with Crippen LogP contribution < -0.4 is 4.90 Å². The fraction of sp³-hybridized carbons (Fsp3) is 0.621. The zero-order valence-electron chi connectivity index (χ0n) is 23.2. The summed E-state index contributed by atoms with van der Waals surface area (Å²) in [5.74, 6) is 0.677. The van der Waals surface area contributed by atoms with E-state index in [2.05, 4.69) is 26.7 Å². The lowest BCUT2D eigenvalue weighted by Gasteiger charge is -2.40. The molecule has 1 aliphatic heterocycles. The van der Waals surface area contributed by atoms with Gasteiger partial charge in [0, 0.05) is 61.6 Å². The van der Waals surface area contributed by atoms with Crippen molar-refractivity contribution in [3.8, 4) is 0 Å². The molecule has 11 heteroatoms. The molecule has 1 aromatic heterocycles. The van der Waals surface area contributed by atoms with Crippen molar-refractivity contribution in [3.63, 3.8) is 0 Å². The van der Waals surface area contributed by atoms with E-state index in [0.29, 0.717) is 43.7 Å². The molecule has 5 rings (SSSR count). The van der Waals surface area contributed by atoms with Crippen LogP contribution in [0.1, 0.15) is 74.1 Å². The Balaban J connectivity index is 1.34. The maximum Gasteiger partial charge on any atom is 0.266 e. The standard InChI is InChI=1S/C29H40ClN5O4S/c1-21-7-12-26-27(21)28(32-20-31-26)33-13-15-34(16-14-33)29(36)25(22-8-10-23(30)11-9-22)19-35(17-18-40(37,38)39)24-5-3-2-4-6-24/h8-11,20-21,24-25H,2-7,12-19H2,1H3,(H,37,38,39). The summed E-state index contributed by atoms with van der Waals surface area (Å²) in [6, 6.07) is 7.59. The lowest BCUT2D eigenvalue weighted by Crippen LogP contribution is -2.52. The van der Waals surface area contributed by atoms with Crippen molar-refractivity contribution in [3.05, 3.63) is 52.4 Å². The minimum atomic E-state index is -4.12. The molecule has 0 radical (unpaired) electrons. The number of fused-ring (bicyclic) bond motifs is 1. The van der Waals surface area contributed by atoms with Crippen molar-refractivity contribution in [2.75, 3.05) is 49.9 Å². The lowest BCUT2D eigenvalue weighted by molar-refractivity contribution is -0.133. The van der Waals surface area contributed by atoms with Gasteiger partial charge in [0.25, 0.3) is 10.1 Å². The number of nitrogens with zero attached hydrogens (tertiary/aromatic N) is 5. The smallest absolute Gasteiger partial charge is 0.266 e. The molecule has 218 valence electrons. The number of carbonyl (C=O) groups excluding carboxylic acids is 1. The quantitative estimate of drug-likeness (QED) is 0.435. The van der Waals surface area contributed by atoms with Gasteiger partial charge < -0.3 is 9.80 Å². The van der Waals surface area contributed by atoms with Crippen LogP contribution in [0, 0.1) is 0 Å². The van der Waals surface area contributed by atoms with Gasteiger partial charge in [-0.05, 0) is 49.3 Å². The second kappa shape index (κ2) is 12.7. The average Bonchev–Trinajstić information content (AvgIpc) is 3.34. The summed E-state index contributed by atoms with van der Waals surface area (Å²) in [6.07, 6.45) is 9.01. The molecule has 1 saturated heterocycles. The fourth-order valence-electron chi connectivity index (χ4n) is 6.59. The van der Waals surface area contributed by atoms with E-state index in [1.807, 2.05) is 17.0 Å². The van der Waals surface area contributed by atoms with Crippen LogP contribution >= 0.6 is 11.6 Å². The van der Waals surface area contributed by atoms with Crippen LogP contribution in [0.4, 0.5) is 5.82 Å². The Morgan fingerprint density at radius 1 is 1.07 bits per heavy atom. The highest BCUT2D eigenvalue weighted by Gasteiger charge is 2.34. The third-order valence-corrected chi connectivity index (χ3v) is 9.81. The molecule has 1 N–H and O–H groups in total. The molecular formula is C29H40ClN5O4S. The van der Waals surface area contributed by atoms with Crippen molar-refractivity contribution >= 4 is 33.4 Å². The number of carbonyl (C=O) groups is 1. The molecule has 2 aliphatic carbocycles. The van der Waals surface area contributed by atoms with E-state index in [1.165, 1.54) is 12.0 Å². The Morgan fingerprint density at radius 3 is 2.45 bits per heavy atom. The van der Waals surface area contributed by atoms with Gasteiger partial charge in [-0.3, -0.25) is 14.2 Å². The molecule has 2 atom stereocenters. The van der Waals surface area contributed by atoms with Crippen molar-refractivity contribution in [1.82, 2.24) is 19.8 Å². The molecular weight excluding hydrogens is 550 g/mol. The second-order valence-corrected chi connectivity index (χ2v) is 13.5. The zero-order valence-corrected chi connectivity index (χ0v) is 24.8. The summed E-state index contributed by atoms with van der Waals surface area (Å²) >= 11 is 6.18. The summed E-state index contributed by atoms with van der Waals surface area (Å²) in [5, 5.41) is 0.602. The van der Waals surface area contributed by atoms with E-state index in [0.717, 1.165) is 55.6 Å². The summed E-state index contributed by atoms with van der Waals surface area (Å²) in [5.41, 5.74) is 3.27. The van der Waals surface area contributed by atoms with Gasteiger partial charge in [0.05, 0.1) is 11.7 Å². The second-order valence-electron chi connectivity index (χ2n) is 11.5. The van der Waals surface area contributed by atoms with Crippen LogP contribution in [0.2, 0.25) is 5.02 Å². The van der Waals surface area contributed by atoms with Crippen LogP contribution in [-0.4, -0.2) is 89.7 Å². The Kier molecular flexibility index (Phi) is 9.29. The first-order valence-electron chi connectivity index (χ1n) is 14.5. The number of hydrogen-bond acceptors (Lipinski definition) is 7. The molecule has 9 nitrogen and oxygen atoms in total. The van der Waals surface area contributed by atoms with E-state index in [9.17, 15) is 17.8 Å². The third-order valence-electron chi connectivity index (χ3n) is 8.86. The predicted octanol–water partition coefficient (Wildman–Crippen LogP) is 4.13. The highest BCUT2D eigenvalue weighted by Crippen LogP contribution is 2.37. The normalized spacial score (nSPS) is 21.1. The molecule has 2 unspecified atom stereocenters. The first-order chi connectivity index (χ1) is 19.2. The molecule has 2 heterocycles.